The highest BCUT2D eigenvalue weighted by Crippen LogP contribution is 2.24. The van der Waals surface area contributed by atoms with E-state index in [4.69, 9.17) is 5.73 Å². The number of nitrogens with two attached hydrogens (primary N) is 1. The topological polar surface area (TPSA) is 58.4 Å². The van der Waals surface area contributed by atoms with Crippen molar-refractivity contribution in [3.05, 3.63) is 59.7 Å². The smallest absolute Gasteiger partial charge is 0.241 e. The van der Waals surface area contributed by atoms with Crippen molar-refractivity contribution in [3.63, 3.8) is 0 Å². The number of carbonyl (C=O) groups is 1. The highest BCUT2D eigenvalue weighted by Gasteiger charge is 2.26. The van der Waals surface area contributed by atoms with Crippen molar-refractivity contribution < 1.29 is 4.79 Å². The first-order valence-electron chi connectivity index (χ1n) is 9.48. The maximum Gasteiger partial charge on any atom is 0.241 e. The summed E-state index contributed by atoms with van der Waals surface area (Å²) in [6.45, 7) is 5.92. The van der Waals surface area contributed by atoms with E-state index in [1.807, 2.05) is 32.0 Å². The van der Waals surface area contributed by atoms with Gasteiger partial charge in [0.05, 0.1) is 6.04 Å². The number of nitrogen functional groups attached to an aromatic ring is 1. The second-order valence-corrected chi connectivity index (χ2v) is 7.41. The van der Waals surface area contributed by atoms with E-state index >= 15 is 0 Å². The molecule has 4 nitrogen and oxygen atoms in total. The number of carbonyl (C=O) groups excluding carboxylic acids is 1. The van der Waals surface area contributed by atoms with Crippen LogP contribution < -0.4 is 11.1 Å². The molecule has 0 spiro atoms. The third-order valence-corrected chi connectivity index (χ3v) is 5.46. The summed E-state index contributed by atoms with van der Waals surface area (Å²) < 4.78 is 0. The molecule has 1 amide bonds. The average Bonchev–Trinajstić information content (AvgIpc) is 2.65. The molecule has 138 valence electrons. The van der Waals surface area contributed by atoms with E-state index in [9.17, 15) is 4.79 Å². The van der Waals surface area contributed by atoms with Gasteiger partial charge in [-0.05, 0) is 75.4 Å². The maximum atomic E-state index is 12.7. The number of nitrogens with zero attached hydrogens (tertiary/aromatic N) is 1. The lowest BCUT2D eigenvalue weighted by atomic mass is 9.89. The average molecular weight is 351 g/mol. The van der Waals surface area contributed by atoms with Crippen molar-refractivity contribution in [2.24, 2.45) is 5.92 Å². The molecule has 0 aromatic heterocycles. The Balaban J connectivity index is 1.52. The van der Waals surface area contributed by atoms with E-state index < -0.39 is 0 Å². The minimum Gasteiger partial charge on any atom is -0.399 e. The summed E-state index contributed by atoms with van der Waals surface area (Å²) in [5.74, 6) is 0.750. The van der Waals surface area contributed by atoms with Crippen molar-refractivity contribution in [2.45, 2.75) is 39.2 Å². The number of hydrogen-bond donors (Lipinski definition) is 2. The number of piperidine rings is 1. The highest BCUT2D eigenvalue weighted by atomic mass is 16.2. The molecule has 0 bridgehead atoms. The van der Waals surface area contributed by atoms with E-state index in [1.165, 1.54) is 5.56 Å². The van der Waals surface area contributed by atoms with Gasteiger partial charge in [-0.1, -0.05) is 36.4 Å². The predicted octanol–water partition coefficient (Wildman–Crippen LogP) is 3.86. The molecule has 0 aliphatic carbocycles. The van der Waals surface area contributed by atoms with Gasteiger partial charge in [0, 0.05) is 11.4 Å². The van der Waals surface area contributed by atoms with Gasteiger partial charge in [-0.3, -0.25) is 9.69 Å². The van der Waals surface area contributed by atoms with Gasteiger partial charge in [-0.25, -0.2) is 0 Å². The van der Waals surface area contributed by atoms with Gasteiger partial charge >= 0.3 is 0 Å². The third kappa shape index (κ3) is 4.64. The molecule has 2 aromatic rings. The molecule has 26 heavy (non-hydrogen) atoms. The number of hydrogen-bond acceptors (Lipinski definition) is 3. The largest absolute Gasteiger partial charge is 0.399 e. The molecule has 3 rings (SSSR count). The van der Waals surface area contributed by atoms with Crippen LogP contribution in [-0.2, 0) is 11.2 Å². The van der Waals surface area contributed by atoms with Crippen LogP contribution in [0.1, 0.15) is 30.9 Å². The second-order valence-electron chi connectivity index (χ2n) is 7.41. The Labute approximate surface area is 156 Å². The normalized spacial score (nSPS) is 17.0. The van der Waals surface area contributed by atoms with E-state index in [-0.39, 0.29) is 11.9 Å². The van der Waals surface area contributed by atoms with Crippen molar-refractivity contribution in [1.82, 2.24) is 4.90 Å². The summed E-state index contributed by atoms with van der Waals surface area (Å²) in [6, 6.07) is 16.2. The maximum absolute atomic E-state index is 12.7. The van der Waals surface area contributed by atoms with Gasteiger partial charge < -0.3 is 11.1 Å². The summed E-state index contributed by atoms with van der Waals surface area (Å²) in [4.78, 5) is 14.9. The molecule has 1 unspecified atom stereocenters. The highest BCUT2D eigenvalue weighted by molar-refractivity contribution is 5.95. The summed E-state index contributed by atoms with van der Waals surface area (Å²) >= 11 is 0. The monoisotopic (exact) mass is 351 g/mol. The lowest BCUT2D eigenvalue weighted by Crippen LogP contribution is -2.46. The van der Waals surface area contributed by atoms with Crippen molar-refractivity contribution in [3.8, 4) is 0 Å². The Hall–Kier alpha value is -2.33. The summed E-state index contributed by atoms with van der Waals surface area (Å²) in [5, 5.41) is 3.04. The van der Waals surface area contributed by atoms with Gasteiger partial charge in [-0.2, -0.15) is 0 Å². The Morgan fingerprint density at radius 3 is 2.58 bits per heavy atom. The predicted molar refractivity (Wildman–Crippen MR) is 108 cm³/mol. The quantitative estimate of drug-likeness (QED) is 0.804. The first-order valence-corrected chi connectivity index (χ1v) is 9.48. The fourth-order valence-electron chi connectivity index (χ4n) is 3.67. The second kappa shape index (κ2) is 8.37. The zero-order valence-electron chi connectivity index (χ0n) is 15.7. The van der Waals surface area contributed by atoms with E-state index in [1.54, 1.807) is 0 Å². The zero-order valence-corrected chi connectivity index (χ0v) is 15.7. The van der Waals surface area contributed by atoms with E-state index in [0.29, 0.717) is 11.6 Å². The number of anilines is 2. The first-order chi connectivity index (χ1) is 12.5. The number of aryl methyl sites for hydroxylation is 1. The zero-order chi connectivity index (χ0) is 18.5. The molecule has 3 N–H and O–H groups in total. The van der Waals surface area contributed by atoms with E-state index in [2.05, 4.69) is 40.5 Å². The van der Waals surface area contributed by atoms with Crippen molar-refractivity contribution in [2.75, 3.05) is 24.1 Å². The molecule has 1 aliphatic heterocycles. The lowest BCUT2D eigenvalue weighted by molar-refractivity contribution is -0.121. The van der Waals surface area contributed by atoms with Crippen LogP contribution in [0.5, 0.6) is 0 Å². The molecule has 2 aromatic carbocycles. The van der Waals surface area contributed by atoms with Crippen LogP contribution >= 0.6 is 0 Å². The Bertz CT molecular complexity index is 736. The van der Waals surface area contributed by atoms with Crippen LogP contribution in [0.2, 0.25) is 0 Å². The fraction of sp³-hybridized carbons (Fsp3) is 0.409. The molecular weight excluding hydrogens is 322 g/mol. The molecule has 4 heteroatoms. The van der Waals surface area contributed by atoms with E-state index in [0.717, 1.165) is 43.6 Å². The van der Waals surface area contributed by atoms with Crippen LogP contribution in [0, 0.1) is 12.8 Å². The van der Waals surface area contributed by atoms with Gasteiger partial charge in [0.2, 0.25) is 5.91 Å². The van der Waals surface area contributed by atoms with Crippen LogP contribution in [-0.4, -0.2) is 29.9 Å². The van der Waals surface area contributed by atoms with Gasteiger partial charge in [0.1, 0.15) is 0 Å². The van der Waals surface area contributed by atoms with Crippen LogP contribution in [0.3, 0.4) is 0 Å². The number of rotatable bonds is 5. The number of nitrogens with one attached hydrogen (secondary N) is 1. The van der Waals surface area contributed by atoms with Gasteiger partial charge in [-0.15, -0.1) is 0 Å². The SMILES string of the molecule is Cc1ccc(N)cc1NC(=O)C(C)N1CCC(Cc2ccccc2)CC1. The Kier molecular flexibility index (Phi) is 5.94. The summed E-state index contributed by atoms with van der Waals surface area (Å²) in [6.07, 6.45) is 3.42. The third-order valence-electron chi connectivity index (χ3n) is 5.46. The number of likely N-dealkylation sites (tertiary alicyclic amines) is 1. The molecule has 1 atom stereocenters. The molecule has 1 saturated heterocycles. The number of benzene rings is 2. The molecule has 0 radical (unpaired) electrons. The molecular formula is C22H29N3O. The number of amides is 1. The minimum absolute atomic E-state index is 0.0419. The van der Waals surface area contributed by atoms with Crippen LogP contribution in [0.15, 0.2) is 48.5 Å². The Morgan fingerprint density at radius 2 is 1.88 bits per heavy atom. The van der Waals surface area contributed by atoms with Crippen molar-refractivity contribution >= 4 is 17.3 Å². The molecule has 1 aliphatic rings. The van der Waals surface area contributed by atoms with Gasteiger partial charge in [0.15, 0.2) is 0 Å². The molecule has 1 heterocycles. The van der Waals surface area contributed by atoms with Crippen molar-refractivity contribution in [1.29, 1.82) is 0 Å². The first kappa shape index (κ1) is 18.5. The lowest BCUT2D eigenvalue weighted by Gasteiger charge is -2.35. The minimum atomic E-state index is -0.131. The fourth-order valence-corrected chi connectivity index (χ4v) is 3.67. The molecule has 0 saturated carbocycles. The van der Waals surface area contributed by atoms with Crippen LogP contribution in [0.4, 0.5) is 11.4 Å². The summed E-state index contributed by atoms with van der Waals surface area (Å²) in [5.41, 5.74) is 9.75. The van der Waals surface area contributed by atoms with Crippen LogP contribution in [0.25, 0.3) is 0 Å². The van der Waals surface area contributed by atoms with Gasteiger partial charge in [0.25, 0.3) is 0 Å². The molecule has 1 fully saturated rings. The summed E-state index contributed by atoms with van der Waals surface area (Å²) in [7, 11) is 0. The standard InChI is InChI=1S/C22H29N3O/c1-16-8-9-20(23)15-21(16)24-22(26)17(2)25-12-10-19(11-13-25)14-18-6-4-3-5-7-18/h3-9,15,17,19H,10-14,23H2,1-2H3,(H,24,26). The Morgan fingerprint density at radius 1 is 1.19 bits per heavy atom.